The molecular weight excluding hydrogens is 218 g/mol. The molecule has 0 bridgehead atoms. The number of hydrogen-bond acceptors (Lipinski definition) is 1. The van der Waals surface area contributed by atoms with Crippen LogP contribution >= 0.6 is 0 Å². The van der Waals surface area contributed by atoms with Crippen molar-refractivity contribution in [3.8, 4) is 0 Å². The van der Waals surface area contributed by atoms with Crippen LogP contribution in [-0.4, -0.2) is 6.54 Å². The van der Waals surface area contributed by atoms with Crippen molar-refractivity contribution in [3.63, 3.8) is 0 Å². The van der Waals surface area contributed by atoms with Gasteiger partial charge in [0.15, 0.2) is 0 Å². The molecule has 1 nitrogen and oxygen atoms in total. The van der Waals surface area contributed by atoms with Crippen molar-refractivity contribution >= 4 is 5.69 Å². The second-order valence-electron chi connectivity index (χ2n) is 6.30. The van der Waals surface area contributed by atoms with Crippen LogP contribution in [0, 0.1) is 25.7 Å². The third-order valence-electron chi connectivity index (χ3n) is 5.08. The lowest BCUT2D eigenvalue weighted by molar-refractivity contribution is 0.252. The Morgan fingerprint density at radius 1 is 0.944 bits per heavy atom. The van der Waals surface area contributed by atoms with Crippen LogP contribution in [-0.2, 0) is 6.42 Å². The second kappa shape index (κ2) is 4.95. The fourth-order valence-electron chi connectivity index (χ4n) is 3.88. The molecule has 1 heteroatoms. The minimum atomic E-state index is 0.873. The number of hydrogen-bond donors (Lipinski definition) is 1. The van der Waals surface area contributed by atoms with E-state index in [0.717, 1.165) is 11.8 Å². The monoisotopic (exact) mass is 243 g/mol. The largest absolute Gasteiger partial charge is 0.384 e. The van der Waals surface area contributed by atoms with Gasteiger partial charge in [0.1, 0.15) is 0 Å². The van der Waals surface area contributed by atoms with E-state index < -0.39 is 0 Å². The van der Waals surface area contributed by atoms with Gasteiger partial charge in [-0.2, -0.15) is 0 Å². The summed E-state index contributed by atoms with van der Waals surface area (Å²) in [6.45, 7) is 5.69. The zero-order chi connectivity index (χ0) is 12.5. The van der Waals surface area contributed by atoms with Crippen LogP contribution in [0.15, 0.2) is 12.1 Å². The molecule has 0 saturated heterocycles. The van der Waals surface area contributed by atoms with Crippen LogP contribution < -0.4 is 5.32 Å². The van der Waals surface area contributed by atoms with Crippen LogP contribution in [0.25, 0.3) is 0 Å². The van der Waals surface area contributed by atoms with Crippen molar-refractivity contribution < 1.29 is 0 Å². The van der Waals surface area contributed by atoms with Crippen molar-refractivity contribution in [1.82, 2.24) is 0 Å². The molecule has 2 aliphatic rings. The Morgan fingerprint density at radius 2 is 1.67 bits per heavy atom. The maximum absolute atomic E-state index is 3.72. The normalized spacial score (nSPS) is 24.4. The first-order valence-corrected chi connectivity index (χ1v) is 7.58. The average Bonchev–Trinajstić information content (AvgIpc) is 2.44. The zero-order valence-corrected chi connectivity index (χ0v) is 11.8. The molecule has 0 radical (unpaired) electrons. The Morgan fingerprint density at radius 3 is 2.44 bits per heavy atom. The topological polar surface area (TPSA) is 12.0 Å². The number of benzene rings is 1. The molecule has 1 heterocycles. The van der Waals surface area contributed by atoms with Gasteiger partial charge in [-0.3, -0.25) is 0 Å². The number of nitrogens with one attached hydrogen (secondary N) is 1. The lowest BCUT2D eigenvalue weighted by Crippen LogP contribution is -2.31. The highest BCUT2D eigenvalue weighted by Crippen LogP contribution is 2.38. The molecule has 0 amide bonds. The molecule has 3 rings (SSSR count). The van der Waals surface area contributed by atoms with E-state index in [-0.39, 0.29) is 0 Å². The highest BCUT2D eigenvalue weighted by atomic mass is 14.9. The predicted octanol–water partition coefficient (Wildman–Crippen LogP) is 4.47. The third-order valence-corrected chi connectivity index (χ3v) is 5.08. The smallest absolute Gasteiger partial charge is 0.0405 e. The first-order chi connectivity index (χ1) is 8.75. The first kappa shape index (κ1) is 12.1. The third kappa shape index (κ3) is 2.15. The molecular formula is C17H25N. The summed E-state index contributed by atoms with van der Waals surface area (Å²) in [6, 6.07) is 4.54. The van der Waals surface area contributed by atoms with E-state index in [1.54, 1.807) is 5.56 Å². The van der Waals surface area contributed by atoms with Gasteiger partial charge in [-0.25, -0.2) is 0 Å². The predicted molar refractivity (Wildman–Crippen MR) is 78.2 cm³/mol. The van der Waals surface area contributed by atoms with Gasteiger partial charge in [0.2, 0.25) is 0 Å². The van der Waals surface area contributed by atoms with Crippen molar-refractivity contribution in [2.45, 2.75) is 52.4 Å². The number of rotatable bonds is 1. The zero-order valence-electron chi connectivity index (χ0n) is 11.8. The van der Waals surface area contributed by atoms with Crippen LogP contribution in [0.1, 0.15) is 48.8 Å². The highest BCUT2D eigenvalue weighted by Gasteiger charge is 2.28. The Hall–Kier alpha value is -0.980. The van der Waals surface area contributed by atoms with E-state index in [9.17, 15) is 0 Å². The molecule has 98 valence electrons. The molecule has 1 aliphatic carbocycles. The Kier molecular flexibility index (Phi) is 3.32. The van der Waals surface area contributed by atoms with Gasteiger partial charge >= 0.3 is 0 Å². The summed E-state index contributed by atoms with van der Waals surface area (Å²) in [4.78, 5) is 0. The van der Waals surface area contributed by atoms with Crippen molar-refractivity contribution in [2.24, 2.45) is 11.8 Å². The summed E-state index contributed by atoms with van der Waals surface area (Å²) in [5.74, 6) is 1.85. The van der Waals surface area contributed by atoms with Crippen LogP contribution in [0.4, 0.5) is 5.69 Å². The van der Waals surface area contributed by atoms with Crippen molar-refractivity contribution in [1.29, 1.82) is 0 Å². The lowest BCUT2D eigenvalue weighted by Gasteiger charge is -2.35. The molecule has 1 saturated carbocycles. The minimum absolute atomic E-state index is 0.873. The van der Waals surface area contributed by atoms with Crippen molar-refractivity contribution in [3.05, 3.63) is 28.8 Å². The van der Waals surface area contributed by atoms with Gasteiger partial charge in [-0.1, -0.05) is 44.2 Å². The highest BCUT2D eigenvalue weighted by molar-refractivity contribution is 5.61. The molecule has 0 aromatic heterocycles. The number of aryl methyl sites for hydroxylation is 2. The summed E-state index contributed by atoms with van der Waals surface area (Å²) < 4.78 is 0. The Bertz CT molecular complexity index is 429. The van der Waals surface area contributed by atoms with Gasteiger partial charge in [-0.05, 0) is 48.8 Å². The van der Waals surface area contributed by atoms with Gasteiger partial charge < -0.3 is 5.32 Å². The van der Waals surface area contributed by atoms with Crippen LogP contribution in [0.5, 0.6) is 0 Å². The number of fused-ring (bicyclic) bond motifs is 1. The second-order valence-corrected chi connectivity index (χ2v) is 6.30. The summed E-state index contributed by atoms with van der Waals surface area (Å²) in [5, 5.41) is 3.72. The summed E-state index contributed by atoms with van der Waals surface area (Å²) in [7, 11) is 0. The molecule has 0 spiro atoms. The Labute approximate surface area is 111 Å². The Balaban J connectivity index is 1.82. The van der Waals surface area contributed by atoms with E-state index in [0.29, 0.717) is 0 Å². The fourth-order valence-corrected chi connectivity index (χ4v) is 3.88. The van der Waals surface area contributed by atoms with E-state index in [4.69, 9.17) is 0 Å². The number of anilines is 1. The maximum Gasteiger partial charge on any atom is 0.0405 e. The summed E-state index contributed by atoms with van der Waals surface area (Å²) in [5.41, 5.74) is 5.92. The summed E-state index contributed by atoms with van der Waals surface area (Å²) in [6.07, 6.45) is 8.62. The summed E-state index contributed by atoms with van der Waals surface area (Å²) >= 11 is 0. The van der Waals surface area contributed by atoms with Gasteiger partial charge in [-0.15, -0.1) is 0 Å². The molecule has 1 aromatic carbocycles. The molecule has 1 atom stereocenters. The van der Waals surface area contributed by atoms with Crippen LogP contribution in [0.2, 0.25) is 0 Å². The quantitative estimate of drug-likeness (QED) is 0.767. The fraction of sp³-hybridized carbons (Fsp3) is 0.647. The first-order valence-electron chi connectivity index (χ1n) is 7.58. The maximum atomic E-state index is 3.72. The van der Waals surface area contributed by atoms with E-state index >= 15 is 0 Å². The molecule has 1 N–H and O–H groups in total. The molecule has 1 fully saturated rings. The van der Waals surface area contributed by atoms with E-state index in [1.165, 1.54) is 61.9 Å². The van der Waals surface area contributed by atoms with Gasteiger partial charge in [0.25, 0.3) is 0 Å². The van der Waals surface area contributed by atoms with Crippen LogP contribution in [0.3, 0.4) is 0 Å². The van der Waals surface area contributed by atoms with Crippen molar-refractivity contribution in [2.75, 3.05) is 11.9 Å². The lowest BCUT2D eigenvalue weighted by atomic mass is 9.75. The van der Waals surface area contributed by atoms with Gasteiger partial charge in [0, 0.05) is 12.2 Å². The standard InChI is InChI=1S/C17H25N/c1-12-8-9-13(2)17-16(12)10-15(11-18-17)14-6-4-3-5-7-14/h8-9,14-15,18H,3-7,10-11H2,1-2H3. The van der Waals surface area contributed by atoms with Gasteiger partial charge in [0.05, 0.1) is 0 Å². The molecule has 1 aromatic rings. The SMILES string of the molecule is Cc1ccc(C)c2c1CC(C1CCCCC1)CN2. The molecule has 1 aliphatic heterocycles. The van der Waals surface area contributed by atoms with E-state index in [1.807, 2.05) is 0 Å². The average molecular weight is 243 g/mol. The molecule has 1 unspecified atom stereocenters. The van der Waals surface area contributed by atoms with E-state index in [2.05, 4.69) is 31.3 Å². The molecule has 18 heavy (non-hydrogen) atoms. The minimum Gasteiger partial charge on any atom is -0.384 e.